The van der Waals surface area contributed by atoms with E-state index in [0.717, 1.165) is 13.1 Å². The predicted molar refractivity (Wildman–Crippen MR) is 90.9 cm³/mol. The van der Waals surface area contributed by atoms with Gasteiger partial charge >= 0.3 is 6.03 Å². The van der Waals surface area contributed by atoms with E-state index in [2.05, 4.69) is 37.9 Å². The average Bonchev–Trinajstić information content (AvgIpc) is 2.41. The first-order valence-electron chi connectivity index (χ1n) is 8.54. The van der Waals surface area contributed by atoms with Gasteiger partial charge in [-0.05, 0) is 45.4 Å². The van der Waals surface area contributed by atoms with Gasteiger partial charge in [-0.3, -0.25) is 4.90 Å². The quantitative estimate of drug-likeness (QED) is 0.790. The Kier molecular flexibility index (Phi) is 7.13. The highest BCUT2D eigenvalue weighted by Crippen LogP contribution is 2.26. The number of hydrogen-bond acceptors (Lipinski definition) is 3. The average molecular weight is 313 g/mol. The van der Waals surface area contributed by atoms with Crippen molar-refractivity contribution in [2.45, 2.75) is 59.1 Å². The molecule has 0 aromatic carbocycles. The highest BCUT2D eigenvalue weighted by atomic mass is 16.3. The molecule has 0 aromatic heterocycles. The second-order valence-corrected chi connectivity index (χ2v) is 7.88. The molecule has 5 heteroatoms. The number of amides is 2. The molecule has 1 rings (SSSR count). The molecule has 1 aliphatic heterocycles. The summed E-state index contributed by atoms with van der Waals surface area (Å²) in [6.45, 7) is 14.2. The van der Waals surface area contributed by atoms with Crippen LogP contribution in [0.2, 0.25) is 0 Å². The molecule has 0 spiro atoms. The third-order valence-corrected chi connectivity index (χ3v) is 4.63. The monoisotopic (exact) mass is 313 g/mol. The van der Waals surface area contributed by atoms with Gasteiger partial charge in [-0.25, -0.2) is 4.79 Å². The second kappa shape index (κ2) is 8.16. The number of likely N-dealkylation sites (tertiary alicyclic amines) is 1. The Morgan fingerprint density at radius 2 is 1.91 bits per heavy atom. The van der Waals surface area contributed by atoms with Crippen LogP contribution in [0.3, 0.4) is 0 Å². The summed E-state index contributed by atoms with van der Waals surface area (Å²) in [5, 5.41) is 12.3. The summed E-state index contributed by atoms with van der Waals surface area (Å²) in [5.41, 5.74) is -0.0380. The molecule has 130 valence electrons. The molecule has 0 radical (unpaired) electrons. The molecule has 0 aliphatic carbocycles. The highest BCUT2D eigenvalue weighted by Gasteiger charge is 2.33. The minimum absolute atomic E-state index is 0.0380. The van der Waals surface area contributed by atoms with Gasteiger partial charge in [0.05, 0.1) is 6.10 Å². The Hall–Kier alpha value is -0.810. The molecule has 22 heavy (non-hydrogen) atoms. The fourth-order valence-electron chi connectivity index (χ4n) is 3.18. The smallest absolute Gasteiger partial charge is 0.317 e. The molecule has 0 saturated carbocycles. The van der Waals surface area contributed by atoms with Crippen molar-refractivity contribution in [3.8, 4) is 0 Å². The number of aliphatic hydroxyl groups excluding tert-OH is 1. The number of nitrogens with one attached hydrogen (secondary N) is 1. The minimum Gasteiger partial charge on any atom is -0.393 e. The van der Waals surface area contributed by atoms with Crippen LogP contribution in [0.15, 0.2) is 0 Å². The summed E-state index contributed by atoms with van der Waals surface area (Å²) in [5.74, 6) is 1.43. The SMILES string of the molecule is CC(O)CCN(C)C(=O)NCC(C)(C)N1CC(C)CC(C)C1. The van der Waals surface area contributed by atoms with Gasteiger partial charge in [0.25, 0.3) is 0 Å². The third-order valence-electron chi connectivity index (χ3n) is 4.63. The van der Waals surface area contributed by atoms with Crippen molar-refractivity contribution in [1.82, 2.24) is 15.1 Å². The molecule has 3 unspecified atom stereocenters. The van der Waals surface area contributed by atoms with Gasteiger partial charge in [0.1, 0.15) is 0 Å². The van der Waals surface area contributed by atoms with Crippen LogP contribution in [0, 0.1) is 11.8 Å². The van der Waals surface area contributed by atoms with E-state index in [0.29, 0.717) is 31.3 Å². The topological polar surface area (TPSA) is 55.8 Å². The van der Waals surface area contributed by atoms with Crippen molar-refractivity contribution in [3.63, 3.8) is 0 Å². The van der Waals surface area contributed by atoms with Gasteiger partial charge < -0.3 is 15.3 Å². The first-order chi connectivity index (χ1) is 10.1. The molecule has 1 heterocycles. The Balaban J connectivity index is 2.45. The highest BCUT2D eigenvalue weighted by molar-refractivity contribution is 5.73. The molecule has 3 atom stereocenters. The summed E-state index contributed by atoms with van der Waals surface area (Å²) >= 11 is 0. The van der Waals surface area contributed by atoms with Gasteiger partial charge in [-0.1, -0.05) is 13.8 Å². The maximum Gasteiger partial charge on any atom is 0.317 e. The number of urea groups is 1. The summed E-state index contributed by atoms with van der Waals surface area (Å²) in [6, 6.07) is -0.0631. The first kappa shape index (κ1) is 19.2. The van der Waals surface area contributed by atoms with Crippen LogP contribution in [0.5, 0.6) is 0 Å². The van der Waals surface area contributed by atoms with E-state index in [4.69, 9.17) is 0 Å². The van der Waals surface area contributed by atoms with Crippen LogP contribution in [0.25, 0.3) is 0 Å². The Bertz CT molecular complexity index is 348. The fraction of sp³-hybridized carbons (Fsp3) is 0.941. The molecular formula is C17H35N3O2. The normalized spacial score (nSPS) is 24.9. The maximum atomic E-state index is 12.1. The Morgan fingerprint density at radius 3 is 2.41 bits per heavy atom. The molecule has 1 saturated heterocycles. The van der Waals surface area contributed by atoms with E-state index in [1.807, 2.05) is 0 Å². The van der Waals surface area contributed by atoms with Crippen molar-refractivity contribution in [3.05, 3.63) is 0 Å². The molecule has 1 fully saturated rings. The van der Waals surface area contributed by atoms with Gasteiger partial charge in [0.15, 0.2) is 0 Å². The van der Waals surface area contributed by atoms with E-state index in [1.54, 1.807) is 18.9 Å². The van der Waals surface area contributed by atoms with E-state index >= 15 is 0 Å². The molecule has 2 amide bonds. The van der Waals surface area contributed by atoms with Crippen molar-refractivity contribution in [1.29, 1.82) is 0 Å². The predicted octanol–water partition coefficient (Wildman–Crippen LogP) is 2.16. The fourth-order valence-corrected chi connectivity index (χ4v) is 3.18. The van der Waals surface area contributed by atoms with E-state index in [-0.39, 0.29) is 17.7 Å². The van der Waals surface area contributed by atoms with Crippen LogP contribution < -0.4 is 5.32 Å². The van der Waals surface area contributed by atoms with Gasteiger partial charge in [0, 0.05) is 38.8 Å². The second-order valence-electron chi connectivity index (χ2n) is 7.88. The number of carbonyl (C=O) groups excluding carboxylic acids is 1. The van der Waals surface area contributed by atoms with E-state index < -0.39 is 0 Å². The molecule has 0 aromatic rings. The standard InChI is InChI=1S/C17H35N3O2/c1-13-9-14(2)11-20(10-13)17(4,5)12-18-16(22)19(6)8-7-15(3)21/h13-15,21H,7-12H2,1-6H3,(H,18,22). The lowest BCUT2D eigenvalue weighted by molar-refractivity contribution is 0.0465. The molecular weight excluding hydrogens is 278 g/mol. The van der Waals surface area contributed by atoms with Crippen molar-refractivity contribution in [2.75, 3.05) is 33.2 Å². The number of hydrogen-bond donors (Lipinski definition) is 2. The van der Waals surface area contributed by atoms with Gasteiger partial charge in [-0.2, -0.15) is 0 Å². The summed E-state index contributed by atoms with van der Waals surface area (Å²) in [6.07, 6.45) is 1.53. The zero-order valence-corrected chi connectivity index (χ0v) is 15.2. The molecule has 1 aliphatic rings. The lowest BCUT2D eigenvalue weighted by Crippen LogP contribution is -2.57. The van der Waals surface area contributed by atoms with Gasteiger partial charge in [0.2, 0.25) is 0 Å². The number of rotatable bonds is 6. The van der Waals surface area contributed by atoms with Crippen molar-refractivity contribution >= 4 is 6.03 Å². The lowest BCUT2D eigenvalue weighted by atomic mass is 9.88. The van der Waals surface area contributed by atoms with Crippen LogP contribution in [0.1, 0.15) is 47.5 Å². The van der Waals surface area contributed by atoms with Crippen LogP contribution >= 0.6 is 0 Å². The third kappa shape index (κ3) is 6.13. The zero-order valence-electron chi connectivity index (χ0n) is 15.2. The largest absolute Gasteiger partial charge is 0.393 e. The Morgan fingerprint density at radius 1 is 1.36 bits per heavy atom. The van der Waals surface area contributed by atoms with Gasteiger partial charge in [-0.15, -0.1) is 0 Å². The Labute approximate surface area is 136 Å². The molecule has 0 bridgehead atoms. The van der Waals surface area contributed by atoms with Crippen molar-refractivity contribution < 1.29 is 9.90 Å². The first-order valence-corrected chi connectivity index (χ1v) is 8.54. The van der Waals surface area contributed by atoms with Crippen LogP contribution in [-0.2, 0) is 0 Å². The molecule has 5 nitrogen and oxygen atoms in total. The van der Waals surface area contributed by atoms with E-state index in [9.17, 15) is 9.90 Å². The number of piperidine rings is 1. The van der Waals surface area contributed by atoms with Crippen molar-refractivity contribution in [2.24, 2.45) is 11.8 Å². The maximum absolute atomic E-state index is 12.1. The summed E-state index contributed by atoms with van der Waals surface area (Å²) in [4.78, 5) is 16.3. The number of aliphatic hydroxyl groups is 1. The number of carbonyl (C=O) groups is 1. The zero-order chi connectivity index (χ0) is 16.9. The summed E-state index contributed by atoms with van der Waals surface area (Å²) in [7, 11) is 1.77. The van der Waals surface area contributed by atoms with E-state index in [1.165, 1.54) is 6.42 Å². The minimum atomic E-state index is -0.372. The lowest BCUT2D eigenvalue weighted by Gasteiger charge is -2.45. The van der Waals surface area contributed by atoms with Crippen LogP contribution in [-0.4, -0.2) is 65.8 Å². The summed E-state index contributed by atoms with van der Waals surface area (Å²) < 4.78 is 0. The van der Waals surface area contributed by atoms with Crippen LogP contribution in [0.4, 0.5) is 4.79 Å². The number of nitrogens with zero attached hydrogens (tertiary/aromatic N) is 2. The molecule has 2 N–H and O–H groups in total.